The molecule has 0 radical (unpaired) electrons. The van der Waals surface area contributed by atoms with E-state index in [2.05, 4.69) is 21.3 Å². The van der Waals surface area contributed by atoms with Crippen molar-refractivity contribution >= 4 is 118 Å². The summed E-state index contributed by atoms with van der Waals surface area (Å²) in [5, 5.41) is 57.4. The zero-order valence-corrected chi connectivity index (χ0v) is 70.7. The number of esters is 4. The lowest BCUT2D eigenvalue weighted by Crippen LogP contribution is -2.55. The number of nitrogens with zero attached hydrogens (tertiary/aromatic N) is 1. The number of fused-ring (bicyclic) bond motifs is 3. The molecule has 3 fully saturated rings. The summed E-state index contributed by atoms with van der Waals surface area (Å²) < 4.78 is 47.7. The van der Waals surface area contributed by atoms with Crippen LogP contribution in [0.25, 0.3) is 0 Å². The molecule has 1 aliphatic carbocycles. The highest BCUT2D eigenvalue weighted by atomic mass is 32.2. The van der Waals surface area contributed by atoms with Crippen LogP contribution in [0.5, 0.6) is 0 Å². The Hall–Kier alpha value is -8.50. The van der Waals surface area contributed by atoms with Gasteiger partial charge in [0.15, 0.2) is 5.78 Å². The van der Waals surface area contributed by atoms with Gasteiger partial charge in [-0.05, 0) is 133 Å². The molecule has 0 aromatic rings. The second-order valence-electron chi connectivity index (χ2n) is 31.2. The number of aliphatic hydroxyl groups excluding tert-OH is 1. The summed E-state index contributed by atoms with van der Waals surface area (Å²) in [7, 11) is 4.26. The lowest BCUT2D eigenvalue weighted by atomic mass is 9.78. The Morgan fingerprint density at radius 1 is 0.686 bits per heavy atom. The van der Waals surface area contributed by atoms with Gasteiger partial charge >= 0.3 is 47.8 Å². The number of cyclic esters (lactones) is 1. The highest BCUT2D eigenvalue weighted by Gasteiger charge is 2.47. The Balaban J connectivity index is 1.66. The van der Waals surface area contributed by atoms with E-state index in [1.165, 1.54) is 32.1 Å². The Morgan fingerprint density at radius 2 is 1.25 bits per heavy atom. The number of thioether (sulfide) groups is 2. The third kappa shape index (κ3) is 34.3. The standard InChI is InChI=1S/C80H121N7O29S2/c1-43-17-13-12-14-18-44(2)59(109-9)33-51-22-20-45(3)71(114-51)70(99)75(102)87-28-16-15-19-56(87)78(107)115-60(34-57(88)46(4)30-49(7)69(98)72(111-11)68(97)48(6)29-43)47(5)31-50-21-25-58(61(32-50)110-10)116-79(108)80(8,41-112-66(95)39-117-37-54(73(100)83-35-64(91)92)85-62(89)26-23-52(81)76(103)104)42-113-67(96)40-118-38-55(74(101)84-36-65(93)94)86-63(90)27-24-53(82)77(105)106/h12-14,17-18,30,43,45-48,50-56,58-61,69,71-72,98H,15-16,19-29,31-42,81-82H2,1-11H3,(H,83,100)(H,84,101)(H,85,89)(H,86,90)(H,91,92)(H,93,94)(H,103,104)(H,105,106)/b14-12+,17-13-,44-18+,49-30+/t43-,45+,46+,47+,48+,50-,51-,52-,53-,54-,55-,56-,58+,59-,60?,61+,69+,71+,72-/m0/s1. The van der Waals surface area contributed by atoms with E-state index in [4.69, 9.17) is 59.6 Å². The fraction of sp³-hybridized carbons (Fsp3) is 0.700. The number of methoxy groups -OCH3 is 3. The van der Waals surface area contributed by atoms with Crippen molar-refractivity contribution in [3.63, 3.8) is 0 Å². The average Bonchev–Trinajstić information content (AvgIpc) is 0.805. The molecule has 38 heteroatoms. The van der Waals surface area contributed by atoms with Gasteiger partial charge in [0.25, 0.3) is 5.91 Å². The predicted molar refractivity (Wildman–Crippen MR) is 427 cm³/mol. The number of carbonyl (C=O) groups excluding carboxylic acids is 12. The average molecular weight is 1710 g/mol. The second kappa shape index (κ2) is 51.2. The number of carbonyl (C=O) groups is 16. The number of piperidine rings is 1. The first kappa shape index (κ1) is 102. The summed E-state index contributed by atoms with van der Waals surface area (Å²) in [6.45, 7) is 10.3. The first-order valence-electron chi connectivity index (χ1n) is 39.6. The SMILES string of the molecule is CO[C@H]1C[C@@H]2CC[C@@H](C)[C@@H](O2)C(=O)C(=O)N2CCCC[C@H]2C(=O)OC([C@H](C)C[C@@H]2CC[C@@H](OC(=O)C(C)(COC(=O)CSC[C@H](NC(=O)CC[C@H](N)C(=O)O)C(=O)NCC(=O)O)COC(=O)CSC[C@H](NC(=O)CC[C@H](N)C(=O)O)C(=O)NCC(=O)O)[C@H](OC)C2)CC(=O)[C@H](C)/C=C(\C)[C@@H](O)[C@@H](OC)C(=O)[C@H](C)C[C@@H](C)\C=C/C=C/C=C/1C. The number of aliphatic hydroxyl groups is 1. The number of carboxylic acid groups (broad SMARTS) is 4. The van der Waals surface area contributed by atoms with Gasteiger partial charge in [-0.25, -0.2) is 4.79 Å². The molecule has 36 nitrogen and oxygen atoms in total. The van der Waals surface area contributed by atoms with Crippen molar-refractivity contribution in [1.82, 2.24) is 26.2 Å². The molecule has 5 amide bonds. The summed E-state index contributed by atoms with van der Waals surface area (Å²) in [5.41, 5.74) is 10.1. The number of allylic oxidation sites excluding steroid dienone is 6. The molecule has 4 aliphatic rings. The number of hydrogen-bond acceptors (Lipinski definition) is 29. The van der Waals surface area contributed by atoms with Crippen LogP contribution in [0.1, 0.15) is 158 Å². The van der Waals surface area contributed by atoms with Crippen molar-refractivity contribution in [3.05, 3.63) is 47.6 Å². The number of nitrogens with one attached hydrogen (secondary N) is 4. The fourth-order valence-electron chi connectivity index (χ4n) is 14.0. The second-order valence-corrected chi connectivity index (χ2v) is 33.2. The van der Waals surface area contributed by atoms with Crippen molar-refractivity contribution < 1.29 is 140 Å². The molecule has 4 rings (SSSR count). The minimum Gasteiger partial charge on any atom is -0.480 e. The van der Waals surface area contributed by atoms with E-state index in [1.54, 1.807) is 34.8 Å². The molecule has 118 heavy (non-hydrogen) atoms. The molecular formula is C80H121N7O29S2. The van der Waals surface area contributed by atoms with Crippen LogP contribution in [-0.2, 0) is 115 Å². The number of Topliss-reactive ketones (excluding diaryl/α,β-unsaturated/α-hetero) is 3. The maximum absolute atomic E-state index is 14.9. The van der Waals surface area contributed by atoms with Gasteiger partial charge in [-0.1, -0.05) is 71.1 Å². The van der Waals surface area contributed by atoms with Gasteiger partial charge in [0.2, 0.25) is 29.4 Å². The highest BCUT2D eigenvalue weighted by molar-refractivity contribution is 8.00. The smallest absolute Gasteiger partial charge is 0.329 e. The lowest BCUT2D eigenvalue weighted by Gasteiger charge is -2.39. The van der Waals surface area contributed by atoms with E-state index in [1.807, 2.05) is 51.2 Å². The summed E-state index contributed by atoms with van der Waals surface area (Å²) in [5.74, 6) is -20.5. The number of hydrogen-bond donors (Lipinski definition) is 11. The van der Waals surface area contributed by atoms with Crippen LogP contribution < -0.4 is 32.7 Å². The molecule has 13 N–H and O–H groups in total. The normalized spacial score (nSPS) is 27.6. The Labute approximate surface area is 695 Å². The van der Waals surface area contributed by atoms with Crippen molar-refractivity contribution in [1.29, 1.82) is 0 Å². The zero-order chi connectivity index (χ0) is 88.3. The molecular weight excluding hydrogens is 1590 g/mol. The van der Waals surface area contributed by atoms with E-state index in [0.717, 1.165) is 29.1 Å². The number of nitrogens with two attached hydrogens (primary N) is 2. The quantitative estimate of drug-likeness (QED) is 0.0186. The van der Waals surface area contributed by atoms with E-state index in [9.17, 15) is 92.0 Å². The lowest BCUT2D eigenvalue weighted by molar-refractivity contribution is -0.182. The van der Waals surface area contributed by atoms with Crippen LogP contribution in [0.2, 0.25) is 0 Å². The fourth-order valence-corrected chi connectivity index (χ4v) is 15.7. The van der Waals surface area contributed by atoms with Gasteiger partial charge in [-0.2, -0.15) is 0 Å². The highest BCUT2D eigenvalue weighted by Crippen LogP contribution is 2.38. The topological polar surface area (TPSA) is 552 Å². The van der Waals surface area contributed by atoms with Gasteiger partial charge in [-0.15, -0.1) is 23.5 Å². The maximum Gasteiger partial charge on any atom is 0.329 e. The molecule has 662 valence electrons. The first-order chi connectivity index (χ1) is 55.6. The van der Waals surface area contributed by atoms with Crippen LogP contribution >= 0.6 is 23.5 Å². The monoisotopic (exact) mass is 1710 g/mol. The van der Waals surface area contributed by atoms with Crippen molar-refractivity contribution in [2.45, 2.75) is 237 Å². The maximum atomic E-state index is 14.9. The van der Waals surface area contributed by atoms with Gasteiger partial charge in [0, 0.05) is 76.9 Å². The van der Waals surface area contributed by atoms with Crippen LogP contribution in [0.4, 0.5) is 0 Å². The summed E-state index contributed by atoms with van der Waals surface area (Å²) >= 11 is 1.45. The number of rotatable bonds is 36. The molecule has 0 spiro atoms. The molecule has 0 aromatic heterocycles. The van der Waals surface area contributed by atoms with E-state index < -0.39 is 242 Å². The number of carboxylic acids is 4. The Morgan fingerprint density at radius 3 is 1.78 bits per heavy atom. The number of amides is 5. The largest absolute Gasteiger partial charge is 0.480 e. The third-order valence-electron chi connectivity index (χ3n) is 21.3. The first-order valence-corrected chi connectivity index (χ1v) is 41.9. The Kier molecular flexibility index (Phi) is 44.2. The molecule has 1 saturated carbocycles. The summed E-state index contributed by atoms with van der Waals surface area (Å²) in [6, 6.07) is -7.03. The van der Waals surface area contributed by atoms with Crippen molar-refractivity contribution in [3.8, 4) is 0 Å². The minimum atomic E-state index is -2.05. The molecule has 2 saturated heterocycles. The number of aliphatic carboxylic acids is 4. The number of ether oxygens (including phenoxy) is 8. The molecule has 3 heterocycles. The third-order valence-corrected chi connectivity index (χ3v) is 23.3. The van der Waals surface area contributed by atoms with Crippen LogP contribution in [0.15, 0.2) is 47.6 Å². The van der Waals surface area contributed by atoms with Crippen molar-refractivity contribution in [2.75, 3.05) is 77.2 Å². The Bertz CT molecular complexity index is 3520. The molecule has 1 unspecified atom stereocenters. The van der Waals surface area contributed by atoms with Gasteiger partial charge in [-0.3, -0.25) is 71.9 Å². The molecule has 3 aliphatic heterocycles. The molecule has 19 atom stereocenters. The van der Waals surface area contributed by atoms with Gasteiger partial charge in [0.1, 0.15) is 98.2 Å². The van der Waals surface area contributed by atoms with Crippen LogP contribution in [0, 0.1) is 40.9 Å². The number of ketones is 3. The van der Waals surface area contributed by atoms with Crippen LogP contribution in [0.3, 0.4) is 0 Å². The molecule has 2 bridgehead atoms. The van der Waals surface area contributed by atoms with E-state index in [0.29, 0.717) is 44.9 Å². The summed E-state index contributed by atoms with van der Waals surface area (Å²) in [6.07, 6.45) is 5.23. The molecule has 0 aromatic carbocycles. The van der Waals surface area contributed by atoms with E-state index >= 15 is 0 Å². The predicted octanol–water partition coefficient (Wildman–Crippen LogP) is 2.73. The van der Waals surface area contributed by atoms with Crippen molar-refractivity contribution in [2.24, 2.45) is 52.4 Å². The van der Waals surface area contributed by atoms with Gasteiger partial charge in [0.05, 0.1) is 29.8 Å². The zero-order valence-electron chi connectivity index (χ0n) is 69.1. The van der Waals surface area contributed by atoms with E-state index in [-0.39, 0.29) is 92.1 Å². The summed E-state index contributed by atoms with van der Waals surface area (Å²) in [4.78, 5) is 213. The minimum absolute atomic E-state index is 0.0488. The van der Waals surface area contributed by atoms with Gasteiger partial charge < -0.3 is 101 Å². The van der Waals surface area contributed by atoms with Crippen LogP contribution in [-0.4, -0.2) is 281 Å².